The molecule has 0 fully saturated rings. The van der Waals surface area contributed by atoms with Crippen molar-refractivity contribution in [2.75, 3.05) is 5.75 Å². The molecule has 138 valence electrons. The van der Waals surface area contributed by atoms with E-state index in [1.165, 1.54) is 20.5 Å². The van der Waals surface area contributed by atoms with Gasteiger partial charge in [-0.3, -0.25) is 4.79 Å². The number of thiophene rings is 1. The van der Waals surface area contributed by atoms with Gasteiger partial charge in [-0.05, 0) is 48.6 Å². The Morgan fingerprint density at radius 3 is 2.89 bits per heavy atom. The zero-order valence-corrected chi connectivity index (χ0v) is 16.6. The van der Waals surface area contributed by atoms with Crippen molar-refractivity contribution in [3.8, 4) is 0 Å². The summed E-state index contributed by atoms with van der Waals surface area (Å²) in [5, 5.41) is 11.1. The lowest BCUT2D eigenvalue weighted by molar-refractivity contribution is -0.137. The lowest BCUT2D eigenvalue weighted by atomic mass is 10.2. The third kappa shape index (κ3) is 4.01. The lowest BCUT2D eigenvalue weighted by Gasteiger charge is -2.07. The van der Waals surface area contributed by atoms with Crippen molar-refractivity contribution in [2.24, 2.45) is 0 Å². The molecule has 0 aliphatic heterocycles. The summed E-state index contributed by atoms with van der Waals surface area (Å²) in [4.78, 5) is 16.9. The molecule has 2 aromatic heterocycles. The van der Waals surface area contributed by atoms with Crippen LogP contribution in [-0.2, 0) is 11.3 Å². The van der Waals surface area contributed by atoms with Crippen LogP contribution in [0.5, 0.6) is 0 Å². The summed E-state index contributed by atoms with van der Waals surface area (Å²) in [7, 11) is 0. The van der Waals surface area contributed by atoms with E-state index in [9.17, 15) is 4.79 Å². The van der Waals surface area contributed by atoms with Crippen LogP contribution in [0.3, 0.4) is 0 Å². The summed E-state index contributed by atoms with van der Waals surface area (Å²) in [5.41, 5.74) is 3.31. The third-order valence-corrected chi connectivity index (χ3v) is 6.59. The smallest absolute Gasteiger partial charge is 0.303 e. The number of nitrogens with zero attached hydrogens (tertiary/aromatic N) is 2. The third-order valence-electron chi connectivity index (χ3n) is 4.43. The van der Waals surface area contributed by atoms with Crippen molar-refractivity contribution >= 4 is 50.2 Å². The van der Waals surface area contributed by atoms with Gasteiger partial charge in [0.25, 0.3) is 0 Å². The first-order chi connectivity index (χ1) is 13.1. The molecule has 0 amide bonds. The summed E-state index contributed by atoms with van der Waals surface area (Å²) in [6.07, 6.45) is 0.841. The lowest BCUT2D eigenvalue weighted by Crippen LogP contribution is -2.01. The average molecular weight is 397 g/mol. The van der Waals surface area contributed by atoms with Crippen molar-refractivity contribution in [1.82, 2.24) is 9.55 Å². The van der Waals surface area contributed by atoms with Gasteiger partial charge in [-0.1, -0.05) is 36.0 Å². The molecule has 4 aromatic rings. The minimum atomic E-state index is -0.745. The first-order valence-electron chi connectivity index (χ1n) is 8.89. The number of hydrogen-bond donors (Lipinski definition) is 1. The number of benzene rings is 2. The molecule has 4 nitrogen and oxygen atoms in total. The van der Waals surface area contributed by atoms with Crippen LogP contribution >= 0.6 is 23.1 Å². The molecule has 2 aromatic carbocycles. The molecular formula is C21H20N2O2S2. The number of aromatic nitrogens is 2. The van der Waals surface area contributed by atoms with E-state index in [4.69, 9.17) is 10.1 Å². The summed E-state index contributed by atoms with van der Waals surface area (Å²) >= 11 is 3.45. The van der Waals surface area contributed by atoms with Crippen LogP contribution < -0.4 is 0 Å². The second-order valence-corrected chi connectivity index (χ2v) is 8.80. The van der Waals surface area contributed by atoms with Crippen LogP contribution in [0.25, 0.3) is 21.1 Å². The van der Waals surface area contributed by atoms with Gasteiger partial charge >= 0.3 is 5.97 Å². The Hall–Kier alpha value is -2.31. The minimum Gasteiger partial charge on any atom is -0.481 e. The number of thioether (sulfide) groups is 1. The number of carbonyl (C=O) groups is 1. The van der Waals surface area contributed by atoms with Crippen molar-refractivity contribution in [3.05, 3.63) is 59.0 Å². The van der Waals surface area contributed by atoms with E-state index in [-0.39, 0.29) is 6.42 Å². The SMILES string of the molecule is Cc1ccc2c(c1)nc(SCCCC(=O)O)n2Cc1cc2ccccc2s1. The van der Waals surface area contributed by atoms with E-state index in [0.29, 0.717) is 6.42 Å². The Balaban J connectivity index is 1.65. The molecular weight excluding hydrogens is 376 g/mol. The van der Waals surface area contributed by atoms with Gasteiger partial charge in [0.2, 0.25) is 0 Å². The second-order valence-electron chi connectivity index (χ2n) is 6.57. The van der Waals surface area contributed by atoms with Crippen LogP contribution in [0.4, 0.5) is 0 Å². The van der Waals surface area contributed by atoms with E-state index in [1.54, 1.807) is 11.8 Å². The van der Waals surface area contributed by atoms with Gasteiger partial charge in [-0.2, -0.15) is 0 Å². The fraction of sp³-hybridized carbons (Fsp3) is 0.238. The van der Waals surface area contributed by atoms with Gasteiger partial charge in [-0.15, -0.1) is 11.3 Å². The largest absolute Gasteiger partial charge is 0.481 e. The van der Waals surface area contributed by atoms with Crippen LogP contribution in [0, 0.1) is 6.92 Å². The number of aliphatic carboxylic acids is 1. The van der Waals surface area contributed by atoms with Gasteiger partial charge in [-0.25, -0.2) is 4.98 Å². The maximum absolute atomic E-state index is 10.8. The molecule has 0 saturated carbocycles. The zero-order chi connectivity index (χ0) is 18.8. The summed E-state index contributed by atoms with van der Waals surface area (Å²) in [6.45, 7) is 2.85. The maximum atomic E-state index is 10.8. The minimum absolute atomic E-state index is 0.197. The molecule has 0 saturated heterocycles. The van der Waals surface area contributed by atoms with Gasteiger partial charge in [0.15, 0.2) is 5.16 Å². The van der Waals surface area contributed by atoms with E-state index in [0.717, 1.165) is 28.5 Å². The molecule has 0 aliphatic rings. The highest BCUT2D eigenvalue weighted by Crippen LogP contribution is 2.30. The number of hydrogen-bond acceptors (Lipinski definition) is 4. The van der Waals surface area contributed by atoms with E-state index in [2.05, 4.69) is 60.0 Å². The highest BCUT2D eigenvalue weighted by atomic mass is 32.2. The molecule has 0 atom stereocenters. The van der Waals surface area contributed by atoms with Gasteiger partial charge in [0.1, 0.15) is 0 Å². The first kappa shape index (κ1) is 18.1. The molecule has 1 N–H and O–H groups in total. The zero-order valence-electron chi connectivity index (χ0n) is 15.0. The van der Waals surface area contributed by atoms with Crippen LogP contribution in [0.15, 0.2) is 53.7 Å². The molecule has 6 heteroatoms. The molecule has 0 radical (unpaired) electrons. The van der Waals surface area contributed by atoms with Crippen LogP contribution in [0.1, 0.15) is 23.3 Å². The summed E-state index contributed by atoms with van der Waals surface area (Å²) in [6, 6.07) is 17.0. The number of rotatable bonds is 7. The molecule has 4 rings (SSSR count). The van der Waals surface area contributed by atoms with Crippen molar-refractivity contribution in [1.29, 1.82) is 0 Å². The van der Waals surface area contributed by atoms with Gasteiger partial charge in [0.05, 0.1) is 17.6 Å². The highest BCUT2D eigenvalue weighted by molar-refractivity contribution is 7.99. The number of imidazole rings is 1. The molecule has 2 heterocycles. The number of carboxylic acids is 1. The predicted octanol–water partition coefficient (Wildman–Crippen LogP) is 5.56. The monoisotopic (exact) mass is 396 g/mol. The van der Waals surface area contributed by atoms with Crippen molar-refractivity contribution in [3.63, 3.8) is 0 Å². The van der Waals surface area contributed by atoms with E-state index < -0.39 is 5.97 Å². The highest BCUT2D eigenvalue weighted by Gasteiger charge is 2.13. The Labute approximate surface area is 165 Å². The Morgan fingerprint density at radius 1 is 1.22 bits per heavy atom. The average Bonchev–Trinajstić information content (AvgIpc) is 3.19. The Kier molecular flexibility index (Phi) is 5.18. The van der Waals surface area contributed by atoms with E-state index in [1.807, 2.05) is 11.3 Å². The topological polar surface area (TPSA) is 55.1 Å². The molecule has 0 aliphatic carbocycles. The standard InChI is InChI=1S/C21H20N2O2S2/c1-14-8-9-18-17(11-14)22-21(26-10-4-7-20(24)25)23(18)13-16-12-15-5-2-3-6-19(15)27-16/h2-3,5-6,8-9,11-12H,4,7,10,13H2,1H3,(H,24,25). The number of fused-ring (bicyclic) bond motifs is 2. The molecule has 0 spiro atoms. The second kappa shape index (κ2) is 7.74. The first-order valence-corrected chi connectivity index (χ1v) is 10.7. The van der Waals surface area contributed by atoms with Gasteiger partial charge in [0, 0.05) is 21.8 Å². The quantitative estimate of drug-likeness (QED) is 0.328. The Bertz CT molecular complexity index is 1080. The summed E-state index contributed by atoms with van der Waals surface area (Å²) in [5.74, 6) is 0.00564. The number of carboxylic acid groups (broad SMARTS) is 1. The normalized spacial score (nSPS) is 11.4. The van der Waals surface area contributed by atoms with Gasteiger partial charge < -0.3 is 9.67 Å². The fourth-order valence-electron chi connectivity index (χ4n) is 3.14. The van der Waals surface area contributed by atoms with Crippen LogP contribution in [-0.4, -0.2) is 26.4 Å². The molecule has 27 heavy (non-hydrogen) atoms. The van der Waals surface area contributed by atoms with Crippen molar-refractivity contribution < 1.29 is 9.90 Å². The predicted molar refractivity (Wildman–Crippen MR) is 113 cm³/mol. The van der Waals surface area contributed by atoms with E-state index >= 15 is 0 Å². The molecule has 0 bridgehead atoms. The number of aryl methyl sites for hydroxylation is 1. The maximum Gasteiger partial charge on any atom is 0.303 e. The molecule has 0 unspecified atom stereocenters. The summed E-state index contributed by atoms with van der Waals surface area (Å²) < 4.78 is 3.55. The Morgan fingerprint density at radius 2 is 2.07 bits per heavy atom. The van der Waals surface area contributed by atoms with Crippen molar-refractivity contribution in [2.45, 2.75) is 31.5 Å². The fourth-order valence-corrected chi connectivity index (χ4v) is 5.14. The van der Waals surface area contributed by atoms with Crippen LogP contribution in [0.2, 0.25) is 0 Å².